The molecule has 0 aliphatic rings. The summed E-state index contributed by atoms with van der Waals surface area (Å²) in [5.41, 5.74) is 3.43. The van der Waals surface area contributed by atoms with Crippen molar-refractivity contribution in [3.8, 4) is 11.5 Å². The van der Waals surface area contributed by atoms with E-state index >= 15 is 0 Å². The van der Waals surface area contributed by atoms with Gasteiger partial charge in [0.15, 0.2) is 0 Å². The molecule has 5 nitrogen and oxygen atoms in total. The van der Waals surface area contributed by atoms with Crippen molar-refractivity contribution in [2.45, 2.75) is 20.3 Å². The SMILES string of the molecule is COC(=O)/C(=C/c1ccc[nH]1)c1cc(O)c(CC=C(C)C)c(OC)c1. The zero-order valence-electron chi connectivity index (χ0n) is 14.9. The standard InChI is InChI=1S/C20H23NO4/c1-13(2)7-8-16-18(22)10-14(11-19(16)24-3)17(20(23)25-4)12-15-6-5-9-21-15/h5-7,9-12,21-22H,8H2,1-4H3/b17-12+. The van der Waals surface area contributed by atoms with Crippen molar-refractivity contribution in [1.82, 2.24) is 4.98 Å². The maximum absolute atomic E-state index is 12.2. The van der Waals surface area contributed by atoms with Gasteiger partial charge in [-0.25, -0.2) is 4.79 Å². The molecule has 2 aromatic rings. The van der Waals surface area contributed by atoms with Crippen LogP contribution in [0.5, 0.6) is 11.5 Å². The molecule has 1 aromatic heterocycles. The summed E-state index contributed by atoms with van der Waals surface area (Å²) in [7, 11) is 2.86. The number of aromatic amines is 1. The molecule has 0 amide bonds. The fourth-order valence-electron chi connectivity index (χ4n) is 2.44. The quantitative estimate of drug-likeness (QED) is 0.474. The average Bonchev–Trinajstić information content (AvgIpc) is 3.10. The van der Waals surface area contributed by atoms with Gasteiger partial charge in [-0.3, -0.25) is 0 Å². The number of aromatic nitrogens is 1. The second kappa shape index (κ2) is 8.24. The fourth-order valence-corrected chi connectivity index (χ4v) is 2.44. The van der Waals surface area contributed by atoms with Crippen LogP contribution in [0, 0.1) is 0 Å². The Morgan fingerprint density at radius 2 is 2.04 bits per heavy atom. The van der Waals surface area contributed by atoms with Crippen LogP contribution in [-0.2, 0) is 16.0 Å². The molecule has 0 saturated carbocycles. The van der Waals surface area contributed by atoms with E-state index < -0.39 is 5.97 Å². The first-order chi connectivity index (χ1) is 12.0. The summed E-state index contributed by atoms with van der Waals surface area (Å²) in [6.07, 6.45) is 6.00. The summed E-state index contributed by atoms with van der Waals surface area (Å²) in [4.78, 5) is 15.2. The fraction of sp³-hybridized carbons (Fsp3) is 0.250. The Hall–Kier alpha value is -2.95. The molecule has 1 heterocycles. The average molecular weight is 341 g/mol. The lowest BCUT2D eigenvalue weighted by Crippen LogP contribution is -2.05. The summed E-state index contributed by atoms with van der Waals surface area (Å²) in [5, 5.41) is 10.4. The van der Waals surface area contributed by atoms with E-state index in [-0.39, 0.29) is 5.75 Å². The summed E-state index contributed by atoms with van der Waals surface area (Å²) >= 11 is 0. The number of allylic oxidation sites excluding steroid dienone is 2. The van der Waals surface area contributed by atoms with E-state index in [4.69, 9.17) is 9.47 Å². The van der Waals surface area contributed by atoms with Crippen molar-refractivity contribution in [2.24, 2.45) is 0 Å². The van der Waals surface area contributed by atoms with Gasteiger partial charge in [0, 0.05) is 17.5 Å². The van der Waals surface area contributed by atoms with Gasteiger partial charge in [0.2, 0.25) is 0 Å². The Morgan fingerprint density at radius 3 is 2.60 bits per heavy atom. The van der Waals surface area contributed by atoms with Crippen LogP contribution in [0.15, 0.2) is 42.1 Å². The van der Waals surface area contributed by atoms with Gasteiger partial charge in [0.05, 0.1) is 19.8 Å². The predicted molar refractivity (Wildman–Crippen MR) is 98.5 cm³/mol. The van der Waals surface area contributed by atoms with E-state index in [0.29, 0.717) is 28.9 Å². The molecule has 0 saturated heterocycles. The first-order valence-electron chi connectivity index (χ1n) is 7.93. The second-order valence-electron chi connectivity index (χ2n) is 5.84. The van der Waals surface area contributed by atoms with Crippen LogP contribution in [-0.4, -0.2) is 30.3 Å². The minimum absolute atomic E-state index is 0.0770. The lowest BCUT2D eigenvalue weighted by molar-refractivity contribution is -0.133. The molecule has 0 bridgehead atoms. The molecule has 2 N–H and O–H groups in total. The molecule has 0 fully saturated rings. The highest BCUT2D eigenvalue weighted by Gasteiger charge is 2.18. The maximum atomic E-state index is 12.2. The normalized spacial score (nSPS) is 11.1. The number of phenols is 1. The Labute approximate surface area is 147 Å². The number of phenolic OH excluding ortho intramolecular Hbond substituents is 1. The third-order valence-electron chi connectivity index (χ3n) is 3.76. The van der Waals surface area contributed by atoms with Crippen molar-refractivity contribution in [3.05, 3.63) is 58.9 Å². The molecule has 1 aromatic carbocycles. The van der Waals surface area contributed by atoms with Gasteiger partial charge in [-0.15, -0.1) is 0 Å². The minimum atomic E-state index is -0.492. The summed E-state index contributed by atoms with van der Waals surface area (Å²) in [6.45, 7) is 3.98. The van der Waals surface area contributed by atoms with Gasteiger partial charge < -0.3 is 19.6 Å². The highest BCUT2D eigenvalue weighted by molar-refractivity contribution is 6.21. The molecule has 0 aliphatic carbocycles. The number of H-pyrrole nitrogens is 1. The van der Waals surface area contributed by atoms with E-state index in [9.17, 15) is 9.90 Å². The molecular formula is C20H23NO4. The number of nitrogens with one attached hydrogen (secondary N) is 1. The Bertz CT molecular complexity index is 797. The van der Waals surface area contributed by atoms with Crippen LogP contribution in [0.3, 0.4) is 0 Å². The monoisotopic (exact) mass is 341 g/mol. The summed E-state index contributed by atoms with van der Waals surface area (Å²) in [5.74, 6) is 0.107. The molecule has 0 aliphatic heterocycles. The van der Waals surface area contributed by atoms with Crippen molar-refractivity contribution < 1.29 is 19.4 Å². The molecule has 0 spiro atoms. The molecule has 0 unspecified atom stereocenters. The highest BCUT2D eigenvalue weighted by Crippen LogP contribution is 2.34. The third kappa shape index (κ3) is 4.53. The Kier molecular flexibility index (Phi) is 6.06. The molecule has 132 valence electrons. The van der Waals surface area contributed by atoms with Crippen LogP contribution < -0.4 is 4.74 Å². The molecule has 25 heavy (non-hydrogen) atoms. The van der Waals surface area contributed by atoms with E-state index in [2.05, 4.69) is 4.98 Å². The van der Waals surface area contributed by atoms with Crippen molar-refractivity contribution in [2.75, 3.05) is 14.2 Å². The number of esters is 1. The topological polar surface area (TPSA) is 71.6 Å². The van der Waals surface area contributed by atoms with E-state index in [1.165, 1.54) is 14.2 Å². The number of hydrogen-bond acceptors (Lipinski definition) is 4. The van der Waals surface area contributed by atoms with E-state index in [1.807, 2.05) is 32.1 Å². The van der Waals surface area contributed by atoms with Gasteiger partial charge in [-0.05, 0) is 56.2 Å². The van der Waals surface area contributed by atoms with Gasteiger partial charge in [0.1, 0.15) is 11.5 Å². The summed E-state index contributed by atoms with van der Waals surface area (Å²) in [6, 6.07) is 6.96. The minimum Gasteiger partial charge on any atom is -0.507 e. The highest BCUT2D eigenvalue weighted by atomic mass is 16.5. The van der Waals surface area contributed by atoms with Crippen molar-refractivity contribution in [1.29, 1.82) is 0 Å². The zero-order valence-corrected chi connectivity index (χ0v) is 14.9. The van der Waals surface area contributed by atoms with E-state index in [1.54, 1.807) is 24.4 Å². The number of carbonyl (C=O) groups excluding carboxylic acids is 1. The van der Waals surface area contributed by atoms with Crippen LogP contribution in [0.25, 0.3) is 11.6 Å². The molecule has 0 radical (unpaired) electrons. The van der Waals surface area contributed by atoms with Crippen LogP contribution in [0.1, 0.15) is 30.7 Å². The molecule has 0 atom stereocenters. The van der Waals surface area contributed by atoms with Gasteiger partial charge >= 0.3 is 5.97 Å². The Balaban J connectivity index is 2.54. The van der Waals surface area contributed by atoms with Crippen LogP contribution >= 0.6 is 0 Å². The first kappa shape index (κ1) is 18.4. The second-order valence-corrected chi connectivity index (χ2v) is 5.84. The first-order valence-corrected chi connectivity index (χ1v) is 7.93. The largest absolute Gasteiger partial charge is 0.507 e. The smallest absolute Gasteiger partial charge is 0.338 e. The summed E-state index contributed by atoms with van der Waals surface area (Å²) < 4.78 is 10.3. The zero-order chi connectivity index (χ0) is 18.4. The van der Waals surface area contributed by atoms with Gasteiger partial charge in [-0.2, -0.15) is 0 Å². The number of rotatable bonds is 6. The molecule has 2 rings (SSSR count). The number of hydrogen-bond donors (Lipinski definition) is 2. The number of benzene rings is 1. The number of aromatic hydroxyl groups is 1. The lowest BCUT2D eigenvalue weighted by Gasteiger charge is -2.13. The number of ether oxygens (including phenoxy) is 2. The van der Waals surface area contributed by atoms with Crippen molar-refractivity contribution in [3.63, 3.8) is 0 Å². The van der Waals surface area contributed by atoms with Crippen LogP contribution in [0.4, 0.5) is 0 Å². The van der Waals surface area contributed by atoms with E-state index in [0.717, 1.165) is 11.3 Å². The lowest BCUT2D eigenvalue weighted by atomic mass is 9.99. The van der Waals surface area contributed by atoms with Gasteiger partial charge in [-0.1, -0.05) is 11.6 Å². The number of carbonyl (C=O) groups is 1. The van der Waals surface area contributed by atoms with Crippen LogP contribution in [0.2, 0.25) is 0 Å². The number of methoxy groups -OCH3 is 2. The predicted octanol–water partition coefficient (Wildman–Crippen LogP) is 3.95. The van der Waals surface area contributed by atoms with Crippen molar-refractivity contribution >= 4 is 17.6 Å². The Morgan fingerprint density at radius 1 is 1.28 bits per heavy atom. The van der Waals surface area contributed by atoms with Gasteiger partial charge in [0.25, 0.3) is 0 Å². The maximum Gasteiger partial charge on any atom is 0.338 e. The third-order valence-corrected chi connectivity index (χ3v) is 3.76. The molecular weight excluding hydrogens is 318 g/mol. The molecule has 5 heteroatoms.